The fourth-order valence-electron chi connectivity index (χ4n) is 2.87. The lowest BCUT2D eigenvalue weighted by Crippen LogP contribution is -2.41. The SMILES string of the molecule is CC(NC(=O)c1ccc(Cl)s1)C1C=C(c2ccc(C=NN3CCC3)cc2)NO1. The number of hydrogen-bond acceptors (Lipinski definition) is 6. The first-order valence-corrected chi connectivity index (χ1v) is 10.4. The molecular formula is C20H21ClN4O2S. The molecule has 6 nitrogen and oxygen atoms in total. The second kappa shape index (κ2) is 8.34. The van der Waals surface area contributed by atoms with Crippen LogP contribution in [0, 0.1) is 0 Å². The summed E-state index contributed by atoms with van der Waals surface area (Å²) in [6.45, 7) is 3.99. The van der Waals surface area contributed by atoms with E-state index in [1.807, 2.05) is 48.5 Å². The molecule has 2 aromatic rings. The number of thiophene rings is 1. The maximum absolute atomic E-state index is 12.3. The summed E-state index contributed by atoms with van der Waals surface area (Å²) in [4.78, 5) is 18.5. The number of hydrazone groups is 1. The number of amides is 1. The standard InChI is InChI=1S/C20H21ClN4O2S/c1-13(23-20(26)18-7-8-19(21)28-18)17-11-16(24-27-17)15-5-3-14(4-6-15)12-22-25-9-2-10-25/h3-8,11-13,17,24H,2,9-10H2,1H3,(H,23,26). The summed E-state index contributed by atoms with van der Waals surface area (Å²) in [5.74, 6) is -0.152. The fraction of sp³-hybridized carbons (Fsp3) is 0.300. The van der Waals surface area contributed by atoms with Gasteiger partial charge < -0.3 is 5.32 Å². The van der Waals surface area contributed by atoms with Gasteiger partial charge >= 0.3 is 0 Å². The molecule has 1 aromatic carbocycles. The van der Waals surface area contributed by atoms with Crippen LogP contribution in [-0.4, -0.2) is 42.4 Å². The zero-order valence-corrected chi connectivity index (χ0v) is 17.0. The summed E-state index contributed by atoms with van der Waals surface area (Å²) in [5.41, 5.74) is 5.92. The Morgan fingerprint density at radius 1 is 1.36 bits per heavy atom. The first-order valence-electron chi connectivity index (χ1n) is 9.17. The topological polar surface area (TPSA) is 66.0 Å². The Labute approximate surface area is 172 Å². The molecule has 2 aliphatic rings. The van der Waals surface area contributed by atoms with Crippen molar-refractivity contribution in [2.24, 2.45) is 5.10 Å². The number of halogens is 1. The summed E-state index contributed by atoms with van der Waals surface area (Å²) in [7, 11) is 0. The average molecular weight is 417 g/mol. The molecule has 2 aliphatic heterocycles. The number of hydroxylamine groups is 1. The van der Waals surface area contributed by atoms with E-state index in [4.69, 9.17) is 16.4 Å². The number of hydrogen-bond donors (Lipinski definition) is 2. The van der Waals surface area contributed by atoms with Crippen molar-refractivity contribution in [2.45, 2.75) is 25.5 Å². The first kappa shape index (κ1) is 19.0. The summed E-state index contributed by atoms with van der Waals surface area (Å²) >= 11 is 7.15. The van der Waals surface area contributed by atoms with Crippen LogP contribution < -0.4 is 10.8 Å². The van der Waals surface area contributed by atoms with Gasteiger partial charge in [-0.3, -0.25) is 20.1 Å². The monoisotopic (exact) mass is 416 g/mol. The van der Waals surface area contributed by atoms with Crippen molar-refractivity contribution in [3.63, 3.8) is 0 Å². The van der Waals surface area contributed by atoms with E-state index in [1.54, 1.807) is 12.1 Å². The number of benzene rings is 1. The molecule has 1 fully saturated rings. The summed E-state index contributed by atoms with van der Waals surface area (Å²) < 4.78 is 0.595. The maximum Gasteiger partial charge on any atom is 0.261 e. The van der Waals surface area contributed by atoms with Crippen LogP contribution in [0.3, 0.4) is 0 Å². The minimum Gasteiger partial charge on any atom is -0.346 e. The van der Waals surface area contributed by atoms with Gasteiger partial charge in [0.15, 0.2) is 0 Å². The van der Waals surface area contributed by atoms with Gasteiger partial charge in [0.05, 0.1) is 27.2 Å². The molecular weight excluding hydrogens is 396 g/mol. The summed E-state index contributed by atoms with van der Waals surface area (Å²) in [6, 6.07) is 11.4. The molecule has 8 heteroatoms. The summed E-state index contributed by atoms with van der Waals surface area (Å²) in [6.07, 6.45) is 4.82. The predicted molar refractivity (Wildman–Crippen MR) is 112 cm³/mol. The van der Waals surface area contributed by atoms with Crippen molar-refractivity contribution in [1.82, 2.24) is 15.8 Å². The fourth-order valence-corrected chi connectivity index (χ4v) is 3.82. The predicted octanol–water partition coefficient (Wildman–Crippen LogP) is 3.50. The number of rotatable bonds is 6. The van der Waals surface area contributed by atoms with E-state index >= 15 is 0 Å². The Morgan fingerprint density at radius 3 is 2.79 bits per heavy atom. The third-order valence-electron chi connectivity index (χ3n) is 4.71. The van der Waals surface area contributed by atoms with Gasteiger partial charge in [0.1, 0.15) is 6.10 Å². The molecule has 0 bridgehead atoms. The smallest absolute Gasteiger partial charge is 0.261 e. The Morgan fingerprint density at radius 2 is 2.14 bits per heavy atom. The Bertz CT molecular complexity index is 905. The maximum atomic E-state index is 12.3. The van der Waals surface area contributed by atoms with Crippen molar-refractivity contribution in [2.75, 3.05) is 13.1 Å². The van der Waals surface area contributed by atoms with Crippen LogP contribution in [0.4, 0.5) is 0 Å². The van der Waals surface area contributed by atoms with Gasteiger partial charge in [-0.25, -0.2) is 0 Å². The van der Waals surface area contributed by atoms with Gasteiger partial charge in [-0.05, 0) is 42.7 Å². The molecule has 28 heavy (non-hydrogen) atoms. The second-order valence-electron chi connectivity index (χ2n) is 6.80. The molecule has 0 spiro atoms. The van der Waals surface area contributed by atoms with Crippen LogP contribution in [0.2, 0.25) is 4.34 Å². The van der Waals surface area contributed by atoms with E-state index in [0.717, 1.165) is 29.9 Å². The van der Waals surface area contributed by atoms with Gasteiger partial charge in [-0.1, -0.05) is 35.9 Å². The number of carbonyl (C=O) groups excluding carboxylic acids is 1. The van der Waals surface area contributed by atoms with Crippen LogP contribution >= 0.6 is 22.9 Å². The van der Waals surface area contributed by atoms with E-state index in [2.05, 4.69) is 15.9 Å². The van der Waals surface area contributed by atoms with Gasteiger partial charge in [0.2, 0.25) is 0 Å². The van der Waals surface area contributed by atoms with E-state index in [9.17, 15) is 4.79 Å². The Balaban J connectivity index is 1.36. The Kier molecular flexibility index (Phi) is 5.66. The summed E-state index contributed by atoms with van der Waals surface area (Å²) in [5, 5.41) is 9.42. The van der Waals surface area contributed by atoms with Crippen molar-refractivity contribution in [3.05, 3.63) is 62.8 Å². The highest BCUT2D eigenvalue weighted by Gasteiger charge is 2.25. The average Bonchev–Trinajstić information content (AvgIpc) is 3.30. The molecule has 2 unspecified atom stereocenters. The molecule has 146 valence electrons. The molecule has 2 N–H and O–H groups in total. The second-order valence-corrected chi connectivity index (χ2v) is 8.52. The van der Waals surface area contributed by atoms with Crippen LogP contribution in [0.15, 0.2) is 47.6 Å². The third-order valence-corrected chi connectivity index (χ3v) is 5.94. The first-order chi connectivity index (χ1) is 13.6. The normalized spacial score (nSPS) is 19.9. The van der Waals surface area contributed by atoms with E-state index in [-0.39, 0.29) is 18.1 Å². The van der Waals surface area contributed by atoms with E-state index in [1.165, 1.54) is 17.8 Å². The highest BCUT2D eigenvalue weighted by Crippen LogP contribution is 2.23. The van der Waals surface area contributed by atoms with E-state index in [0.29, 0.717) is 9.21 Å². The lowest BCUT2D eigenvalue weighted by molar-refractivity contribution is 0.0315. The number of nitrogens with zero attached hydrogens (tertiary/aromatic N) is 2. The van der Waals surface area contributed by atoms with Crippen LogP contribution in [0.1, 0.15) is 34.1 Å². The van der Waals surface area contributed by atoms with Crippen molar-refractivity contribution in [1.29, 1.82) is 0 Å². The minimum absolute atomic E-state index is 0.152. The van der Waals surface area contributed by atoms with Crippen LogP contribution in [-0.2, 0) is 4.84 Å². The highest BCUT2D eigenvalue weighted by atomic mass is 35.5. The third kappa shape index (κ3) is 4.38. The molecule has 4 rings (SSSR count). The highest BCUT2D eigenvalue weighted by molar-refractivity contribution is 7.18. The largest absolute Gasteiger partial charge is 0.346 e. The Hall–Kier alpha value is -2.35. The molecule has 3 heterocycles. The van der Waals surface area contributed by atoms with Crippen LogP contribution in [0.5, 0.6) is 0 Å². The molecule has 0 aliphatic carbocycles. The molecule has 0 saturated carbocycles. The zero-order valence-electron chi connectivity index (χ0n) is 15.4. The number of nitrogens with one attached hydrogen (secondary N) is 2. The lowest BCUT2D eigenvalue weighted by atomic mass is 10.1. The van der Waals surface area contributed by atoms with Crippen molar-refractivity contribution >= 4 is 40.8 Å². The van der Waals surface area contributed by atoms with Crippen molar-refractivity contribution < 1.29 is 9.63 Å². The zero-order chi connectivity index (χ0) is 19.5. The molecule has 2 atom stereocenters. The molecule has 1 saturated heterocycles. The van der Waals surface area contributed by atoms with Gasteiger partial charge in [0, 0.05) is 13.1 Å². The molecule has 0 radical (unpaired) electrons. The van der Waals surface area contributed by atoms with Gasteiger partial charge in [0.25, 0.3) is 5.91 Å². The van der Waals surface area contributed by atoms with Crippen LogP contribution in [0.25, 0.3) is 5.70 Å². The molecule has 1 amide bonds. The molecule has 1 aromatic heterocycles. The van der Waals surface area contributed by atoms with Gasteiger partial charge in [-0.2, -0.15) is 5.10 Å². The van der Waals surface area contributed by atoms with E-state index < -0.39 is 0 Å². The van der Waals surface area contributed by atoms with Gasteiger partial charge in [-0.15, -0.1) is 11.3 Å². The quantitative estimate of drug-likeness (QED) is 0.707. The lowest BCUT2D eigenvalue weighted by Gasteiger charge is -2.27. The number of carbonyl (C=O) groups is 1. The minimum atomic E-state index is -0.262. The van der Waals surface area contributed by atoms with Crippen molar-refractivity contribution in [3.8, 4) is 0 Å².